The van der Waals surface area contributed by atoms with Gasteiger partial charge in [-0.3, -0.25) is 4.79 Å². The number of hydrogen-bond donors (Lipinski definition) is 2. The summed E-state index contributed by atoms with van der Waals surface area (Å²) in [4.78, 5) is 27.3. The number of hydrazone groups is 1. The smallest absolute Gasteiger partial charge is 0.335 e. The van der Waals surface area contributed by atoms with Crippen LogP contribution in [0.3, 0.4) is 0 Å². The second-order valence-electron chi connectivity index (χ2n) is 6.82. The highest BCUT2D eigenvalue weighted by molar-refractivity contribution is 5.89. The summed E-state index contributed by atoms with van der Waals surface area (Å²) in [5.41, 5.74) is 4.48. The lowest BCUT2D eigenvalue weighted by Crippen LogP contribution is -2.25. The minimum Gasteiger partial charge on any atom is -0.478 e. The van der Waals surface area contributed by atoms with Crippen molar-refractivity contribution in [3.8, 4) is 23.3 Å². The number of carbonyl (C=O) groups is 2. The van der Waals surface area contributed by atoms with E-state index in [-0.39, 0.29) is 23.6 Å². The van der Waals surface area contributed by atoms with E-state index in [1.807, 2.05) is 6.07 Å². The molecule has 2 aromatic heterocycles. The normalized spacial score (nSPS) is 10.7. The zero-order valence-corrected chi connectivity index (χ0v) is 17.9. The van der Waals surface area contributed by atoms with Crippen LogP contribution in [0.25, 0.3) is 11.3 Å². The number of carbonyl (C=O) groups excluding carboxylic acids is 1. The summed E-state index contributed by atoms with van der Waals surface area (Å²) in [6.07, 6.45) is 1.30. The Morgan fingerprint density at radius 1 is 1.30 bits per heavy atom. The van der Waals surface area contributed by atoms with E-state index < -0.39 is 18.5 Å². The monoisotopic (exact) mass is 448 g/mol. The van der Waals surface area contributed by atoms with Gasteiger partial charge >= 0.3 is 5.97 Å². The number of aryl methyl sites for hydroxylation is 1. The number of carboxylic acids is 1. The lowest BCUT2D eigenvalue weighted by molar-refractivity contribution is -0.123. The molecule has 0 unspecified atom stereocenters. The van der Waals surface area contributed by atoms with E-state index in [1.165, 1.54) is 25.5 Å². The van der Waals surface area contributed by atoms with Crippen molar-refractivity contribution in [1.29, 1.82) is 5.26 Å². The largest absolute Gasteiger partial charge is 0.478 e. The van der Waals surface area contributed by atoms with Crippen LogP contribution in [-0.2, 0) is 16.1 Å². The van der Waals surface area contributed by atoms with Gasteiger partial charge in [0.1, 0.15) is 23.2 Å². The SMILES string of the molecule is COCc1cc(C)nc(OCC(=O)N/N=C/c2ccc(-c3cccc(C(=O)O)c3)o2)c1C#N. The molecule has 1 aromatic carbocycles. The van der Waals surface area contributed by atoms with Crippen LogP contribution >= 0.6 is 0 Å². The molecule has 0 atom stereocenters. The molecule has 10 nitrogen and oxygen atoms in total. The molecule has 168 valence electrons. The molecule has 0 spiro atoms. The first-order valence-corrected chi connectivity index (χ1v) is 9.69. The van der Waals surface area contributed by atoms with E-state index in [1.54, 1.807) is 37.3 Å². The highest BCUT2D eigenvalue weighted by Gasteiger charge is 2.14. The van der Waals surface area contributed by atoms with Gasteiger partial charge in [-0.2, -0.15) is 10.4 Å². The van der Waals surface area contributed by atoms with Crippen LogP contribution in [-0.4, -0.2) is 41.9 Å². The second kappa shape index (κ2) is 10.7. The lowest BCUT2D eigenvalue weighted by atomic mass is 10.1. The standard InChI is InChI=1S/C23H20N4O6/c1-14-8-17(12-31-2)19(10-24)22(26-14)32-13-21(28)27-25-11-18-6-7-20(33-18)15-4-3-5-16(9-15)23(29)30/h3-9,11H,12-13H2,1-2H3,(H,27,28)(H,29,30)/b25-11+. The van der Waals surface area contributed by atoms with E-state index in [0.29, 0.717) is 28.3 Å². The number of rotatable bonds is 9. The number of hydrogen-bond acceptors (Lipinski definition) is 8. The maximum atomic E-state index is 12.1. The molecule has 3 aromatic rings. The maximum absolute atomic E-state index is 12.1. The number of ether oxygens (including phenoxy) is 2. The van der Waals surface area contributed by atoms with Crippen LogP contribution in [0, 0.1) is 18.3 Å². The van der Waals surface area contributed by atoms with E-state index in [9.17, 15) is 14.9 Å². The van der Waals surface area contributed by atoms with Gasteiger partial charge in [0.05, 0.1) is 18.4 Å². The van der Waals surface area contributed by atoms with Crippen LogP contribution in [0.4, 0.5) is 0 Å². The summed E-state index contributed by atoms with van der Waals surface area (Å²) in [5.74, 6) is -0.748. The molecule has 33 heavy (non-hydrogen) atoms. The van der Waals surface area contributed by atoms with Crippen molar-refractivity contribution >= 4 is 18.1 Å². The molecule has 0 saturated carbocycles. The van der Waals surface area contributed by atoms with Gasteiger partial charge < -0.3 is 19.0 Å². The molecule has 0 radical (unpaired) electrons. The van der Waals surface area contributed by atoms with E-state index in [4.69, 9.17) is 19.0 Å². The predicted molar refractivity (Wildman–Crippen MR) is 117 cm³/mol. The summed E-state index contributed by atoms with van der Waals surface area (Å²) < 4.78 is 16.1. The summed E-state index contributed by atoms with van der Waals surface area (Å²) >= 11 is 0. The summed E-state index contributed by atoms with van der Waals surface area (Å²) in [6.45, 7) is 1.55. The van der Waals surface area contributed by atoms with E-state index in [2.05, 4.69) is 15.5 Å². The summed E-state index contributed by atoms with van der Waals surface area (Å²) in [6, 6.07) is 13.3. The molecule has 1 amide bonds. The molecule has 0 saturated heterocycles. The topological polar surface area (TPSA) is 147 Å². The first-order chi connectivity index (χ1) is 15.9. The number of methoxy groups -OCH3 is 1. The van der Waals surface area contributed by atoms with Crippen LogP contribution in [0.1, 0.15) is 32.9 Å². The first-order valence-electron chi connectivity index (χ1n) is 9.69. The van der Waals surface area contributed by atoms with E-state index in [0.717, 1.165) is 0 Å². The molecule has 0 aliphatic rings. The van der Waals surface area contributed by atoms with Gasteiger partial charge in [-0.15, -0.1) is 0 Å². The number of pyridine rings is 1. The number of nitrogens with zero attached hydrogens (tertiary/aromatic N) is 3. The Hall–Kier alpha value is -4.49. The van der Waals surface area contributed by atoms with Crippen molar-refractivity contribution in [1.82, 2.24) is 10.4 Å². The predicted octanol–water partition coefficient (Wildman–Crippen LogP) is 2.90. The molecule has 0 aliphatic carbocycles. The third kappa shape index (κ3) is 6.03. The van der Waals surface area contributed by atoms with Crippen molar-refractivity contribution in [3.05, 3.63) is 70.6 Å². The van der Waals surface area contributed by atoms with Gasteiger partial charge in [-0.25, -0.2) is 15.2 Å². The average Bonchev–Trinajstić information content (AvgIpc) is 3.27. The Morgan fingerprint density at radius 2 is 2.12 bits per heavy atom. The second-order valence-corrected chi connectivity index (χ2v) is 6.82. The lowest BCUT2D eigenvalue weighted by Gasteiger charge is -2.10. The van der Waals surface area contributed by atoms with Gasteiger partial charge in [0, 0.05) is 23.9 Å². The number of carboxylic acid groups (broad SMARTS) is 1. The van der Waals surface area contributed by atoms with Crippen molar-refractivity contribution < 1.29 is 28.6 Å². The Kier molecular flexibility index (Phi) is 7.51. The number of aromatic carboxylic acids is 1. The number of nitriles is 1. The highest BCUT2D eigenvalue weighted by atomic mass is 16.5. The fourth-order valence-electron chi connectivity index (χ4n) is 2.92. The fourth-order valence-corrected chi connectivity index (χ4v) is 2.92. The van der Waals surface area contributed by atoms with Gasteiger partial charge in [-0.1, -0.05) is 12.1 Å². The molecule has 2 N–H and O–H groups in total. The zero-order valence-electron chi connectivity index (χ0n) is 17.9. The highest BCUT2D eigenvalue weighted by Crippen LogP contribution is 2.23. The van der Waals surface area contributed by atoms with Crippen molar-refractivity contribution in [3.63, 3.8) is 0 Å². The Balaban J connectivity index is 1.59. The number of benzene rings is 1. The first kappa shape index (κ1) is 23.2. The maximum Gasteiger partial charge on any atom is 0.335 e. The number of nitrogens with one attached hydrogen (secondary N) is 1. The van der Waals surface area contributed by atoms with Gasteiger partial charge in [-0.05, 0) is 37.3 Å². The Labute approximate surface area is 189 Å². The number of amides is 1. The van der Waals surface area contributed by atoms with Crippen LogP contribution in [0.2, 0.25) is 0 Å². The van der Waals surface area contributed by atoms with E-state index >= 15 is 0 Å². The minimum atomic E-state index is -1.03. The molecular weight excluding hydrogens is 428 g/mol. The van der Waals surface area contributed by atoms with Gasteiger partial charge in [0.25, 0.3) is 5.91 Å². The summed E-state index contributed by atoms with van der Waals surface area (Å²) in [5, 5.41) is 22.3. The number of aromatic nitrogens is 1. The van der Waals surface area contributed by atoms with Crippen LogP contribution < -0.4 is 10.2 Å². The third-order valence-electron chi connectivity index (χ3n) is 4.35. The van der Waals surface area contributed by atoms with Crippen molar-refractivity contribution in [2.45, 2.75) is 13.5 Å². The molecule has 0 fully saturated rings. The third-order valence-corrected chi connectivity index (χ3v) is 4.35. The molecule has 10 heteroatoms. The molecule has 0 aliphatic heterocycles. The zero-order chi connectivity index (χ0) is 23.8. The van der Waals surface area contributed by atoms with Gasteiger partial charge in [0.2, 0.25) is 5.88 Å². The molecular formula is C23H20N4O6. The Morgan fingerprint density at radius 3 is 2.85 bits per heavy atom. The molecule has 0 bridgehead atoms. The molecule has 2 heterocycles. The summed E-state index contributed by atoms with van der Waals surface area (Å²) in [7, 11) is 1.51. The quantitative estimate of drug-likeness (QED) is 0.375. The Bertz CT molecular complexity index is 1240. The van der Waals surface area contributed by atoms with Crippen LogP contribution in [0.5, 0.6) is 5.88 Å². The van der Waals surface area contributed by atoms with Crippen LogP contribution in [0.15, 0.2) is 52.0 Å². The van der Waals surface area contributed by atoms with Gasteiger partial charge in [0.15, 0.2) is 6.61 Å². The average molecular weight is 448 g/mol. The van der Waals surface area contributed by atoms with Crippen molar-refractivity contribution in [2.24, 2.45) is 5.10 Å². The fraction of sp³-hybridized carbons (Fsp3) is 0.174. The molecule has 3 rings (SSSR count). The minimum absolute atomic E-state index is 0.0444. The van der Waals surface area contributed by atoms with Crippen molar-refractivity contribution in [2.75, 3.05) is 13.7 Å². The number of furan rings is 1.